The monoisotopic (exact) mass is 206 g/mol. The summed E-state index contributed by atoms with van der Waals surface area (Å²) in [7, 11) is 1.69. The first-order valence-electron chi connectivity index (χ1n) is 4.36. The number of carbonyl (C=O) groups is 1. The molecule has 2 heterocycles. The first-order valence-corrected chi connectivity index (χ1v) is 4.36. The second-order valence-corrected chi connectivity index (χ2v) is 3.08. The maximum atomic E-state index is 11.7. The minimum absolute atomic E-state index is 0.111. The third kappa shape index (κ3) is 2.01. The van der Waals surface area contributed by atoms with Crippen molar-refractivity contribution in [1.29, 1.82) is 0 Å². The van der Waals surface area contributed by atoms with Gasteiger partial charge in [0.15, 0.2) is 0 Å². The largest absolute Gasteiger partial charge is 0.334 e. The molecule has 0 unspecified atom stereocenters. The first-order chi connectivity index (χ1) is 7.27. The van der Waals surface area contributed by atoms with Gasteiger partial charge in [0.25, 0.3) is 5.91 Å². The highest BCUT2D eigenvalue weighted by molar-refractivity contribution is 5.93. The minimum Gasteiger partial charge on any atom is -0.334 e. The van der Waals surface area contributed by atoms with Crippen LogP contribution in [-0.2, 0) is 6.54 Å². The van der Waals surface area contributed by atoms with Gasteiger partial charge >= 0.3 is 0 Å². The van der Waals surface area contributed by atoms with Crippen molar-refractivity contribution in [2.75, 3.05) is 7.05 Å². The molecule has 0 aliphatic heterocycles. The predicted octanol–water partition coefficient (Wildman–Crippen LogP) is -0.200. The van der Waals surface area contributed by atoms with Gasteiger partial charge in [-0.05, 0) is 0 Å². The Morgan fingerprint density at radius 1 is 1.53 bits per heavy atom. The van der Waals surface area contributed by atoms with Crippen LogP contribution in [0, 0.1) is 0 Å². The number of aromatic amines is 2. The summed E-state index contributed by atoms with van der Waals surface area (Å²) in [4.78, 5) is 17.2. The molecule has 2 rings (SSSR count). The Kier molecular flexibility index (Phi) is 2.44. The molecule has 0 aliphatic carbocycles. The number of aromatic nitrogens is 5. The van der Waals surface area contributed by atoms with Gasteiger partial charge in [0.2, 0.25) is 0 Å². The molecule has 0 bridgehead atoms. The molecule has 0 radical (unpaired) electrons. The summed E-state index contributed by atoms with van der Waals surface area (Å²) < 4.78 is 0. The molecule has 2 aromatic rings. The van der Waals surface area contributed by atoms with Crippen LogP contribution in [0.4, 0.5) is 0 Å². The highest BCUT2D eigenvalue weighted by atomic mass is 16.2. The van der Waals surface area contributed by atoms with Gasteiger partial charge < -0.3 is 4.90 Å². The molecule has 1 amide bonds. The van der Waals surface area contributed by atoms with Crippen LogP contribution in [0.1, 0.15) is 16.2 Å². The molecule has 0 fully saturated rings. The summed E-state index contributed by atoms with van der Waals surface area (Å²) in [6, 6.07) is 0. The molecule has 0 aromatic carbocycles. The number of carbonyl (C=O) groups excluding carboxylic acids is 1. The number of nitrogens with zero attached hydrogens (tertiary/aromatic N) is 4. The molecule has 2 aromatic heterocycles. The van der Waals surface area contributed by atoms with Crippen LogP contribution >= 0.6 is 0 Å². The normalized spacial score (nSPS) is 10.2. The molecule has 0 atom stereocenters. The highest BCUT2D eigenvalue weighted by Crippen LogP contribution is 2.02. The van der Waals surface area contributed by atoms with Gasteiger partial charge in [0.1, 0.15) is 12.2 Å². The number of rotatable bonds is 3. The van der Waals surface area contributed by atoms with E-state index in [1.165, 1.54) is 17.4 Å². The second kappa shape index (κ2) is 3.91. The summed E-state index contributed by atoms with van der Waals surface area (Å²) in [6.07, 6.45) is 4.45. The smallest absolute Gasteiger partial charge is 0.257 e. The summed E-state index contributed by atoms with van der Waals surface area (Å²) in [5.41, 5.74) is 0.525. The van der Waals surface area contributed by atoms with E-state index in [0.29, 0.717) is 17.9 Å². The average molecular weight is 206 g/mol. The van der Waals surface area contributed by atoms with Crippen LogP contribution in [0.5, 0.6) is 0 Å². The van der Waals surface area contributed by atoms with E-state index in [0.717, 1.165) is 0 Å². The second-order valence-electron chi connectivity index (χ2n) is 3.08. The maximum Gasteiger partial charge on any atom is 0.257 e. The van der Waals surface area contributed by atoms with Crippen LogP contribution in [0.25, 0.3) is 0 Å². The zero-order valence-electron chi connectivity index (χ0n) is 8.14. The third-order valence-corrected chi connectivity index (χ3v) is 1.94. The Labute approximate surface area is 85.5 Å². The topological polar surface area (TPSA) is 90.6 Å². The molecule has 78 valence electrons. The zero-order chi connectivity index (χ0) is 10.7. The van der Waals surface area contributed by atoms with E-state index in [1.807, 2.05) is 0 Å². The van der Waals surface area contributed by atoms with E-state index in [-0.39, 0.29) is 5.91 Å². The zero-order valence-corrected chi connectivity index (χ0v) is 8.14. The van der Waals surface area contributed by atoms with Crippen LogP contribution in [-0.4, -0.2) is 43.2 Å². The van der Waals surface area contributed by atoms with Crippen LogP contribution in [0.3, 0.4) is 0 Å². The van der Waals surface area contributed by atoms with Gasteiger partial charge in [-0.2, -0.15) is 10.2 Å². The standard InChI is InChI=1S/C8H10N6O/c1-14(4-7-9-5-12-13-7)8(15)6-2-10-11-3-6/h2-3,5H,4H2,1H3,(H,10,11)(H,9,12,13). The number of hydrogen-bond acceptors (Lipinski definition) is 4. The van der Waals surface area contributed by atoms with Crippen molar-refractivity contribution in [2.45, 2.75) is 6.54 Å². The van der Waals surface area contributed by atoms with E-state index >= 15 is 0 Å². The van der Waals surface area contributed by atoms with Crippen molar-refractivity contribution in [3.05, 3.63) is 30.1 Å². The SMILES string of the molecule is CN(Cc1ncn[nH]1)C(=O)c1cn[nH]c1. The Morgan fingerprint density at radius 3 is 3.00 bits per heavy atom. The van der Waals surface area contributed by atoms with Gasteiger partial charge in [0, 0.05) is 13.2 Å². The molecule has 15 heavy (non-hydrogen) atoms. The molecule has 7 heteroatoms. The molecular formula is C8H10N6O. The number of amides is 1. The van der Waals surface area contributed by atoms with E-state index in [4.69, 9.17) is 0 Å². The Morgan fingerprint density at radius 2 is 2.40 bits per heavy atom. The fourth-order valence-corrected chi connectivity index (χ4v) is 1.19. The number of nitrogens with one attached hydrogen (secondary N) is 2. The van der Waals surface area contributed by atoms with E-state index in [2.05, 4.69) is 25.4 Å². The summed E-state index contributed by atoms with van der Waals surface area (Å²) in [5, 5.41) is 12.7. The van der Waals surface area contributed by atoms with E-state index in [9.17, 15) is 4.79 Å². The molecule has 0 saturated heterocycles. The van der Waals surface area contributed by atoms with Crippen LogP contribution in [0.15, 0.2) is 18.7 Å². The number of hydrogen-bond donors (Lipinski definition) is 2. The lowest BCUT2D eigenvalue weighted by Crippen LogP contribution is -2.26. The summed E-state index contributed by atoms with van der Waals surface area (Å²) >= 11 is 0. The van der Waals surface area contributed by atoms with Crippen LogP contribution < -0.4 is 0 Å². The van der Waals surface area contributed by atoms with Crippen molar-refractivity contribution < 1.29 is 4.79 Å². The van der Waals surface area contributed by atoms with Gasteiger partial charge in [-0.25, -0.2) is 4.98 Å². The molecule has 0 spiro atoms. The van der Waals surface area contributed by atoms with E-state index in [1.54, 1.807) is 13.2 Å². The van der Waals surface area contributed by atoms with Gasteiger partial charge in [-0.3, -0.25) is 15.0 Å². The van der Waals surface area contributed by atoms with Crippen molar-refractivity contribution in [3.63, 3.8) is 0 Å². The lowest BCUT2D eigenvalue weighted by molar-refractivity contribution is 0.0782. The third-order valence-electron chi connectivity index (χ3n) is 1.94. The first kappa shape index (κ1) is 9.38. The summed E-state index contributed by atoms with van der Waals surface area (Å²) in [6.45, 7) is 0.393. The Bertz CT molecular complexity index is 420. The molecular weight excluding hydrogens is 196 g/mol. The minimum atomic E-state index is -0.111. The number of H-pyrrole nitrogens is 2. The van der Waals surface area contributed by atoms with Crippen molar-refractivity contribution in [2.24, 2.45) is 0 Å². The molecule has 0 aliphatic rings. The lowest BCUT2D eigenvalue weighted by atomic mass is 10.3. The van der Waals surface area contributed by atoms with Crippen molar-refractivity contribution >= 4 is 5.91 Å². The molecule has 2 N–H and O–H groups in total. The average Bonchev–Trinajstić information content (AvgIpc) is 2.88. The highest BCUT2D eigenvalue weighted by Gasteiger charge is 2.13. The fourth-order valence-electron chi connectivity index (χ4n) is 1.19. The van der Waals surface area contributed by atoms with Crippen LogP contribution in [0.2, 0.25) is 0 Å². The Balaban J connectivity index is 2.03. The van der Waals surface area contributed by atoms with Gasteiger partial charge in [-0.15, -0.1) is 0 Å². The quantitative estimate of drug-likeness (QED) is 0.727. The fraction of sp³-hybridized carbons (Fsp3) is 0.250. The Hall–Kier alpha value is -2.18. The molecule has 0 saturated carbocycles. The van der Waals surface area contributed by atoms with Crippen molar-refractivity contribution in [1.82, 2.24) is 30.3 Å². The van der Waals surface area contributed by atoms with Crippen molar-refractivity contribution in [3.8, 4) is 0 Å². The maximum absolute atomic E-state index is 11.7. The molecule has 7 nitrogen and oxygen atoms in total. The van der Waals surface area contributed by atoms with E-state index < -0.39 is 0 Å². The predicted molar refractivity (Wildman–Crippen MR) is 50.8 cm³/mol. The van der Waals surface area contributed by atoms with Gasteiger partial charge in [-0.1, -0.05) is 0 Å². The lowest BCUT2D eigenvalue weighted by Gasteiger charge is -2.13. The van der Waals surface area contributed by atoms with Gasteiger partial charge in [0.05, 0.1) is 18.3 Å². The summed E-state index contributed by atoms with van der Waals surface area (Å²) in [5.74, 6) is 0.537.